The first-order valence-corrected chi connectivity index (χ1v) is 11.0. The van der Waals surface area contributed by atoms with E-state index in [4.69, 9.17) is 0 Å². The number of halogens is 1. The monoisotopic (exact) mass is 505 g/mol. The van der Waals surface area contributed by atoms with Crippen LogP contribution in [0.15, 0.2) is 48.5 Å². The van der Waals surface area contributed by atoms with E-state index in [1.165, 1.54) is 47.7 Å². The van der Waals surface area contributed by atoms with Crippen LogP contribution in [0.4, 0.5) is 0 Å². The summed E-state index contributed by atoms with van der Waals surface area (Å²) >= 11 is 0. The van der Waals surface area contributed by atoms with E-state index >= 15 is 0 Å². The maximum Gasteiger partial charge on any atom is 0.115 e. The second-order valence-corrected chi connectivity index (χ2v) is 9.90. The largest absolute Gasteiger partial charge is 1.00 e. The van der Waals surface area contributed by atoms with Gasteiger partial charge in [-0.3, -0.25) is 0 Å². The molecule has 2 heterocycles. The molecule has 2 aromatic carbocycles. The number of hydrogen-bond acceptors (Lipinski definition) is 1. The van der Waals surface area contributed by atoms with Crippen LogP contribution in [-0.2, 0) is 5.60 Å². The third-order valence-corrected chi connectivity index (χ3v) is 7.93. The van der Waals surface area contributed by atoms with Crippen molar-refractivity contribution < 1.29 is 33.6 Å². The molecule has 0 aliphatic carbocycles. The molecule has 2 fully saturated rings. The number of hydrogen-bond donors (Lipinski definition) is 1. The molecule has 1 N–H and O–H groups in total. The summed E-state index contributed by atoms with van der Waals surface area (Å²) in [4.78, 5) is 0. The first-order valence-electron chi connectivity index (χ1n) is 11.0. The van der Waals surface area contributed by atoms with Gasteiger partial charge < -0.3 is 33.6 Å². The van der Waals surface area contributed by atoms with E-state index in [-0.39, 0.29) is 24.0 Å². The fourth-order valence-corrected chi connectivity index (χ4v) is 6.22. The third-order valence-electron chi connectivity index (χ3n) is 7.93. The van der Waals surface area contributed by atoms with Crippen molar-refractivity contribution in [3.05, 3.63) is 70.8 Å². The summed E-state index contributed by atoms with van der Waals surface area (Å²) in [6.07, 6.45) is 7.37. The molecule has 2 aliphatic heterocycles. The highest BCUT2D eigenvalue weighted by atomic mass is 127. The van der Waals surface area contributed by atoms with Crippen molar-refractivity contribution in [3.8, 4) is 0 Å². The van der Waals surface area contributed by atoms with E-state index in [1.54, 1.807) is 0 Å². The summed E-state index contributed by atoms with van der Waals surface area (Å²) in [6, 6.07) is 18.3. The van der Waals surface area contributed by atoms with Crippen molar-refractivity contribution in [2.45, 2.75) is 70.1 Å². The minimum Gasteiger partial charge on any atom is -1.00 e. The van der Waals surface area contributed by atoms with Crippen molar-refractivity contribution >= 4 is 0 Å². The number of benzene rings is 2. The summed E-state index contributed by atoms with van der Waals surface area (Å²) < 4.78 is 1.18. The Balaban J connectivity index is 0.00000240. The molecule has 4 rings (SSSR count). The van der Waals surface area contributed by atoms with Crippen molar-refractivity contribution in [2.75, 3.05) is 14.1 Å². The molecule has 3 atom stereocenters. The second kappa shape index (κ2) is 8.68. The Morgan fingerprint density at radius 1 is 0.862 bits per heavy atom. The molecule has 29 heavy (non-hydrogen) atoms. The number of aryl methyl sites for hydroxylation is 2. The third kappa shape index (κ3) is 4.15. The Bertz CT molecular complexity index is 785. The molecule has 0 aromatic heterocycles. The van der Waals surface area contributed by atoms with Crippen LogP contribution < -0.4 is 24.0 Å². The minimum atomic E-state index is -0.913. The normalized spacial score (nSPS) is 25.9. The van der Waals surface area contributed by atoms with Crippen LogP contribution in [-0.4, -0.2) is 35.8 Å². The smallest absolute Gasteiger partial charge is 0.115 e. The average molecular weight is 505 g/mol. The average Bonchev–Trinajstić information content (AvgIpc) is 2.63. The van der Waals surface area contributed by atoms with Crippen LogP contribution in [0.5, 0.6) is 0 Å². The van der Waals surface area contributed by atoms with Crippen LogP contribution in [0.2, 0.25) is 0 Å². The zero-order valence-corrected chi connectivity index (χ0v) is 20.5. The summed E-state index contributed by atoms with van der Waals surface area (Å²) in [6.45, 7) is 4.27. The number of aliphatic hydroxyl groups is 1. The molecular formula is C26H36INO. The summed E-state index contributed by atoms with van der Waals surface area (Å²) in [5.41, 5.74) is 3.60. The SMILES string of the molecule is Cc1ccccc1C(O)(CC1C[C@H]2CCC[C@@H](C1)[N+]2(C)C)c1ccccc1C.[I-]. The standard InChI is InChI=1S/C26H36NO.HI/c1-19-10-5-7-14-24(19)26(28,25-15-8-6-11-20(25)2)18-21-16-22-12-9-13-23(17-21)27(22,3)4;/h5-8,10-11,14-15,21-23,28H,9,12-13,16-18H2,1-4H3;1H/q+1;/p-1/t21?,22-,23+;. The van der Waals surface area contributed by atoms with E-state index in [0.29, 0.717) is 5.92 Å². The molecule has 2 saturated heterocycles. The van der Waals surface area contributed by atoms with Gasteiger partial charge in [-0.2, -0.15) is 0 Å². The molecule has 2 nitrogen and oxygen atoms in total. The number of rotatable bonds is 4. The molecule has 3 heteroatoms. The van der Waals surface area contributed by atoms with Crippen molar-refractivity contribution in [1.29, 1.82) is 0 Å². The lowest BCUT2D eigenvalue weighted by Gasteiger charge is -2.54. The van der Waals surface area contributed by atoms with E-state index in [1.807, 2.05) is 0 Å². The van der Waals surface area contributed by atoms with Crippen molar-refractivity contribution in [1.82, 2.24) is 0 Å². The molecule has 158 valence electrons. The van der Waals surface area contributed by atoms with Gasteiger partial charge >= 0.3 is 0 Å². The fraction of sp³-hybridized carbons (Fsp3) is 0.538. The Kier molecular flexibility index (Phi) is 6.82. The van der Waals surface area contributed by atoms with Gasteiger partial charge in [0.1, 0.15) is 5.60 Å². The topological polar surface area (TPSA) is 20.2 Å². The van der Waals surface area contributed by atoms with Crippen molar-refractivity contribution in [3.63, 3.8) is 0 Å². The maximum atomic E-state index is 12.3. The summed E-state index contributed by atoms with van der Waals surface area (Å²) in [5, 5.41) is 12.3. The Labute approximate surface area is 193 Å². The van der Waals surface area contributed by atoms with Gasteiger partial charge in [-0.1, -0.05) is 48.5 Å². The van der Waals surface area contributed by atoms with Crippen LogP contribution >= 0.6 is 0 Å². The zero-order chi connectivity index (χ0) is 19.9. The highest BCUT2D eigenvalue weighted by molar-refractivity contribution is 5.43. The number of piperidine rings is 2. The van der Waals surface area contributed by atoms with Crippen molar-refractivity contribution in [2.24, 2.45) is 5.92 Å². The predicted octanol–water partition coefficient (Wildman–Crippen LogP) is 2.34. The lowest BCUT2D eigenvalue weighted by molar-refractivity contribution is -0.950. The Morgan fingerprint density at radius 3 is 1.76 bits per heavy atom. The quantitative estimate of drug-likeness (QED) is 0.500. The molecular weight excluding hydrogens is 469 g/mol. The van der Waals surface area contributed by atoms with Crippen LogP contribution in [0.1, 0.15) is 60.8 Å². The van der Waals surface area contributed by atoms with Gasteiger partial charge in [0.25, 0.3) is 0 Å². The van der Waals surface area contributed by atoms with Crippen LogP contribution in [0.3, 0.4) is 0 Å². The zero-order valence-electron chi connectivity index (χ0n) is 18.4. The van der Waals surface area contributed by atoms with Gasteiger partial charge in [0.05, 0.1) is 26.2 Å². The molecule has 2 aliphatic rings. The second-order valence-electron chi connectivity index (χ2n) is 9.90. The molecule has 0 radical (unpaired) electrons. The summed E-state index contributed by atoms with van der Waals surface area (Å²) in [5.74, 6) is 0.575. The molecule has 2 aromatic rings. The maximum absolute atomic E-state index is 12.3. The van der Waals surface area contributed by atoms with Gasteiger partial charge in [-0.15, -0.1) is 0 Å². The first kappa shape index (κ1) is 22.8. The van der Waals surface area contributed by atoms with Crippen LogP contribution in [0.25, 0.3) is 0 Å². The fourth-order valence-electron chi connectivity index (χ4n) is 6.22. The molecule has 2 bridgehead atoms. The molecule has 1 unspecified atom stereocenters. The lowest BCUT2D eigenvalue weighted by atomic mass is 9.69. The lowest BCUT2D eigenvalue weighted by Crippen LogP contribution is -3.00. The predicted molar refractivity (Wildman–Crippen MR) is 116 cm³/mol. The Hall–Kier alpha value is -0.910. The Morgan fingerprint density at radius 2 is 1.31 bits per heavy atom. The molecule has 0 amide bonds. The highest BCUT2D eigenvalue weighted by Gasteiger charge is 2.48. The van der Waals surface area contributed by atoms with Gasteiger partial charge in [0.15, 0.2) is 0 Å². The number of nitrogens with zero attached hydrogens (tertiary/aromatic N) is 1. The van der Waals surface area contributed by atoms with Crippen LogP contribution in [0, 0.1) is 19.8 Å². The molecule has 0 saturated carbocycles. The van der Waals surface area contributed by atoms with Gasteiger partial charge in [0.2, 0.25) is 0 Å². The van der Waals surface area contributed by atoms with E-state index < -0.39 is 5.60 Å². The van der Waals surface area contributed by atoms with E-state index in [2.05, 4.69) is 76.5 Å². The van der Waals surface area contributed by atoms with Gasteiger partial charge in [0, 0.05) is 12.8 Å². The minimum absolute atomic E-state index is 0. The van der Waals surface area contributed by atoms with E-state index in [0.717, 1.165) is 29.6 Å². The molecule has 0 spiro atoms. The van der Waals surface area contributed by atoms with Gasteiger partial charge in [-0.05, 0) is 67.7 Å². The van der Waals surface area contributed by atoms with E-state index in [9.17, 15) is 5.11 Å². The highest BCUT2D eigenvalue weighted by Crippen LogP contribution is 2.46. The van der Waals surface area contributed by atoms with Gasteiger partial charge in [-0.25, -0.2) is 0 Å². The number of quaternary nitrogens is 1. The number of fused-ring (bicyclic) bond motifs is 2. The summed E-state index contributed by atoms with van der Waals surface area (Å²) in [7, 11) is 4.86. The first-order chi connectivity index (χ1) is 13.3.